The molecule has 3 heterocycles. The molecule has 0 bridgehead atoms. The predicted octanol–water partition coefficient (Wildman–Crippen LogP) is 3.20. The molecule has 1 amide bonds. The van der Waals surface area contributed by atoms with Crippen LogP contribution in [0.4, 0.5) is 30.7 Å². The van der Waals surface area contributed by atoms with Crippen LogP contribution in [0.5, 0.6) is 0 Å². The van der Waals surface area contributed by atoms with Gasteiger partial charge in [0.15, 0.2) is 0 Å². The molecule has 18 heteroatoms. The van der Waals surface area contributed by atoms with Crippen LogP contribution in [0.3, 0.4) is 0 Å². The number of piperidine rings is 1. The summed E-state index contributed by atoms with van der Waals surface area (Å²) in [6.07, 6.45) is -6.08. The molecule has 0 radical (unpaired) electrons. The van der Waals surface area contributed by atoms with Crippen LogP contribution in [0.1, 0.15) is 41.3 Å². The van der Waals surface area contributed by atoms with Crippen molar-refractivity contribution < 1.29 is 55.3 Å². The Balaban J connectivity index is 0.000000402. The summed E-state index contributed by atoms with van der Waals surface area (Å²) in [5, 5.41) is 25.7. The molecule has 3 N–H and O–H groups in total. The Morgan fingerprint density at radius 3 is 2.05 bits per heavy atom. The molecule has 11 nitrogen and oxygen atoms in total. The van der Waals surface area contributed by atoms with Gasteiger partial charge in [0, 0.05) is 32.6 Å². The molecule has 0 atom stereocenters. The SMILES string of the molecule is CN(C)CCNC(=O)c1nnc2n1CC1(CC2)CCN(Cc2cccc(F)c2)CC1.O=C(O)C(F)(F)F.O=C(O)C(F)(F)F. The van der Waals surface area contributed by atoms with Gasteiger partial charge in [-0.2, -0.15) is 26.3 Å². The maximum atomic E-state index is 13.5. The van der Waals surface area contributed by atoms with E-state index in [2.05, 4.69) is 20.4 Å². The molecule has 246 valence electrons. The molecule has 1 fully saturated rings. The fourth-order valence-electron chi connectivity index (χ4n) is 4.61. The van der Waals surface area contributed by atoms with Crippen molar-refractivity contribution in [3.8, 4) is 0 Å². The van der Waals surface area contributed by atoms with Crippen molar-refractivity contribution in [1.82, 2.24) is 29.9 Å². The van der Waals surface area contributed by atoms with Gasteiger partial charge < -0.3 is 25.0 Å². The van der Waals surface area contributed by atoms with E-state index in [1.54, 1.807) is 12.1 Å². The van der Waals surface area contributed by atoms with Crippen LogP contribution < -0.4 is 5.32 Å². The van der Waals surface area contributed by atoms with Gasteiger partial charge in [-0.25, -0.2) is 14.0 Å². The summed E-state index contributed by atoms with van der Waals surface area (Å²) in [7, 11) is 3.96. The van der Waals surface area contributed by atoms with Gasteiger partial charge in [-0.15, -0.1) is 10.2 Å². The number of benzene rings is 1. The number of carbonyl (C=O) groups excluding carboxylic acids is 1. The van der Waals surface area contributed by atoms with Gasteiger partial charge in [-0.3, -0.25) is 9.69 Å². The Kier molecular flexibility index (Phi) is 12.6. The number of likely N-dealkylation sites (tertiary alicyclic amines) is 1. The first-order valence-electron chi connectivity index (χ1n) is 13.2. The second kappa shape index (κ2) is 15.3. The number of hydrogen-bond acceptors (Lipinski definition) is 7. The fraction of sp³-hybridized carbons (Fsp3) is 0.577. The maximum Gasteiger partial charge on any atom is 0.490 e. The van der Waals surface area contributed by atoms with E-state index >= 15 is 0 Å². The second-order valence-electron chi connectivity index (χ2n) is 10.6. The highest BCUT2D eigenvalue weighted by Crippen LogP contribution is 2.41. The van der Waals surface area contributed by atoms with E-state index in [4.69, 9.17) is 19.8 Å². The van der Waals surface area contributed by atoms with E-state index in [1.807, 2.05) is 29.6 Å². The first-order valence-corrected chi connectivity index (χ1v) is 13.2. The third-order valence-electron chi connectivity index (χ3n) is 6.94. The van der Waals surface area contributed by atoms with Crippen molar-refractivity contribution in [2.45, 2.75) is 51.1 Å². The first-order chi connectivity index (χ1) is 20.3. The van der Waals surface area contributed by atoms with Crippen LogP contribution >= 0.6 is 0 Å². The molecule has 2 aliphatic heterocycles. The number of rotatable bonds is 6. The number of aromatic nitrogens is 3. The lowest BCUT2D eigenvalue weighted by Gasteiger charge is -2.44. The molecule has 1 saturated heterocycles. The van der Waals surface area contributed by atoms with Crippen LogP contribution in [-0.4, -0.2) is 105 Å². The van der Waals surface area contributed by atoms with Crippen LogP contribution in [0.2, 0.25) is 0 Å². The molecule has 4 rings (SSSR count). The second-order valence-corrected chi connectivity index (χ2v) is 10.6. The molecular weight excluding hydrogens is 609 g/mol. The number of likely N-dealkylation sites (N-methyl/N-ethyl adjacent to an activating group) is 1. The average molecular weight is 643 g/mol. The number of carboxylic acids is 2. The van der Waals surface area contributed by atoms with Crippen molar-refractivity contribution in [3.05, 3.63) is 47.3 Å². The molecule has 1 aromatic heterocycles. The molecule has 1 spiro atoms. The van der Waals surface area contributed by atoms with Gasteiger partial charge >= 0.3 is 24.3 Å². The molecule has 2 aromatic rings. The number of fused-ring (bicyclic) bond motifs is 1. The number of halogens is 7. The molecule has 0 saturated carbocycles. The molecule has 2 aliphatic rings. The van der Waals surface area contributed by atoms with Gasteiger partial charge in [0.1, 0.15) is 11.6 Å². The summed E-state index contributed by atoms with van der Waals surface area (Å²) < 4.78 is 79.0. The van der Waals surface area contributed by atoms with Crippen LogP contribution in [0.15, 0.2) is 24.3 Å². The van der Waals surface area contributed by atoms with Crippen LogP contribution in [0, 0.1) is 11.2 Å². The zero-order chi connectivity index (χ0) is 33.3. The van der Waals surface area contributed by atoms with Crippen molar-refractivity contribution in [2.75, 3.05) is 40.3 Å². The maximum absolute atomic E-state index is 13.5. The third kappa shape index (κ3) is 11.4. The van der Waals surface area contributed by atoms with E-state index in [-0.39, 0.29) is 17.1 Å². The van der Waals surface area contributed by atoms with Gasteiger partial charge in [-0.05, 0) is 69.6 Å². The topological polar surface area (TPSA) is 141 Å². The Hall–Kier alpha value is -3.80. The largest absolute Gasteiger partial charge is 0.490 e. The summed E-state index contributed by atoms with van der Waals surface area (Å²) in [6.45, 7) is 4.94. The normalized spacial score (nSPS) is 16.2. The van der Waals surface area contributed by atoms with Crippen molar-refractivity contribution in [1.29, 1.82) is 0 Å². The van der Waals surface area contributed by atoms with E-state index in [9.17, 15) is 35.5 Å². The highest BCUT2D eigenvalue weighted by Gasteiger charge is 2.40. The summed E-state index contributed by atoms with van der Waals surface area (Å²) in [5.41, 5.74) is 1.21. The van der Waals surface area contributed by atoms with Gasteiger partial charge in [0.05, 0.1) is 0 Å². The number of alkyl halides is 6. The lowest BCUT2D eigenvalue weighted by molar-refractivity contribution is -0.193. The summed E-state index contributed by atoms with van der Waals surface area (Å²) >= 11 is 0. The van der Waals surface area contributed by atoms with Gasteiger partial charge in [-0.1, -0.05) is 12.1 Å². The molecule has 1 aromatic carbocycles. The lowest BCUT2D eigenvalue weighted by Crippen LogP contribution is -2.45. The highest BCUT2D eigenvalue weighted by molar-refractivity contribution is 5.90. The number of carboxylic acid groups (broad SMARTS) is 2. The number of aliphatic carboxylic acids is 2. The molecule has 44 heavy (non-hydrogen) atoms. The van der Waals surface area contributed by atoms with E-state index < -0.39 is 24.3 Å². The van der Waals surface area contributed by atoms with Gasteiger partial charge in [0.25, 0.3) is 5.91 Å². The number of amides is 1. The standard InChI is InChI=1S/C22H31FN6O.2C2HF3O2/c1-27(2)13-10-24-21(30)20-26-25-19-6-7-22(16-29(19)20)8-11-28(12-9-22)15-17-4-3-5-18(23)14-17;2*3-2(4,5)1(6)7/h3-5,14H,6-13,15-16H2,1-2H3,(H,24,30);2*(H,6,7). The summed E-state index contributed by atoms with van der Waals surface area (Å²) in [6, 6.07) is 6.87. The summed E-state index contributed by atoms with van der Waals surface area (Å²) in [4.78, 5) is 34.8. The van der Waals surface area contributed by atoms with E-state index in [0.717, 1.165) is 69.8 Å². The number of nitrogens with one attached hydrogen (secondary N) is 1. The minimum Gasteiger partial charge on any atom is -0.475 e. The minimum absolute atomic E-state index is 0.142. The highest BCUT2D eigenvalue weighted by atomic mass is 19.4. The molecule has 0 aliphatic carbocycles. The van der Waals surface area contributed by atoms with E-state index in [0.29, 0.717) is 12.4 Å². The summed E-state index contributed by atoms with van der Waals surface area (Å²) in [5.74, 6) is -4.48. The molecular formula is C26H33F7N6O5. The molecule has 0 unspecified atom stereocenters. The predicted molar refractivity (Wildman–Crippen MR) is 140 cm³/mol. The first kappa shape index (κ1) is 36.4. The smallest absolute Gasteiger partial charge is 0.475 e. The third-order valence-corrected chi connectivity index (χ3v) is 6.94. The minimum atomic E-state index is -5.08. The number of hydrogen-bond donors (Lipinski definition) is 3. The van der Waals surface area contributed by atoms with Gasteiger partial charge in [0.2, 0.25) is 5.82 Å². The Morgan fingerprint density at radius 1 is 0.977 bits per heavy atom. The van der Waals surface area contributed by atoms with Crippen molar-refractivity contribution in [3.63, 3.8) is 0 Å². The monoisotopic (exact) mass is 642 g/mol. The number of carbonyl (C=O) groups is 3. The average Bonchev–Trinajstić information content (AvgIpc) is 3.32. The van der Waals surface area contributed by atoms with Crippen LogP contribution in [-0.2, 0) is 29.1 Å². The van der Waals surface area contributed by atoms with Crippen molar-refractivity contribution in [2.24, 2.45) is 5.41 Å². The number of aryl methyl sites for hydroxylation is 1. The number of nitrogens with zero attached hydrogens (tertiary/aromatic N) is 5. The van der Waals surface area contributed by atoms with E-state index in [1.165, 1.54) is 6.07 Å². The Labute approximate surface area is 247 Å². The zero-order valence-electron chi connectivity index (χ0n) is 23.9. The van der Waals surface area contributed by atoms with Crippen LogP contribution in [0.25, 0.3) is 0 Å². The zero-order valence-corrected chi connectivity index (χ0v) is 23.9. The van der Waals surface area contributed by atoms with Crippen molar-refractivity contribution >= 4 is 17.8 Å². The Bertz CT molecular complexity index is 1250. The quantitative estimate of drug-likeness (QED) is 0.406. The fourth-order valence-corrected chi connectivity index (χ4v) is 4.61. The lowest BCUT2D eigenvalue weighted by atomic mass is 9.73. The Morgan fingerprint density at radius 2 is 1.55 bits per heavy atom.